The van der Waals surface area contributed by atoms with E-state index in [0.29, 0.717) is 19.0 Å². The molecule has 1 aliphatic rings. The maximum atomic E-state index is 12.0. The van der Waals surface area contributed by atoms with Crippen LogP contribution in [0.3, 0.4) is 0 Å². The molecule has 17 heavy (non-hydrogen) atoms. The molecule has 1 atom stereocenters. The van der Waals surface area contributed by atoms with E-state index in [9.17, 15) is 4.79 Å². The van der Waals surface area contributed by atoms with Gasteiger partial charge in [-0.25, -0.2) is 9.97 Å². The molecule has 6 heteroatoms. The number of rotatable bonds is 2. The number of amides is 1. The third kappa shape index (κ3) is 2.59. The highest BCUT2D eigenvalue weighted by Crippen LogP contribution is 2.17. The van der Waals surface area contributed by atoms with Crippen molar-refractivity contribution in [3.8, 4) is 0 Å². The number of carbonyl (C=O) groups excluding carboxylic acids is 1. The van der Waals surface area contributed by atoms with E-state index in [4.69, 9.17) is 10.5 Å². The van der Waals surface area contributed by atoms with Gasteiger partial charge in [0.2, 0.25) is 11.9 Å². The number of nitrogens with two attached hydrogens (primary N) is 1. The average molecular weight is 236 g/mol. The third-order valence-corrected chi connectivity index (χ3v) is 2.71. The highest BCUT2D eigenvalue weighted by Gasteiger charge is 2.38. The second-order valence-corrected chi connectivity index (χ2v) is 4.39. The second kappa shape index (κ2) is 4.38. The molecule has 1 unspecified atom stereocenters. The number of hydrogen-bond donors (Lipinski definition) is 2. The Bertz CT molecular complexity index is 421. The van der Waals surface area contributed by atoms with E-state index < -0.39 is 5.54 Å². The molecule has 3 N–H and O–H groups in total. The lowest BCUT2D eigenvalue weighted by atomic mass is 9.99. The predicted molar refractivity (Wildman–Crippen MR) is 62.5 cm³/mol. The SMILES string of the molecule is Cc1cc(C)nc(NC(=O)C2(N)CCOC2)n1. The summed E-state index contributed by atoms with van der Waals surface area (Å²) in [4.78, 5) is 20.2. The van der Waals surface area contributed by atoms with Gasteiger partial charge in [0.15, 0.2) is 0 Å². The smallest absolute Gasteiger partial charge is 0.249 e. The van der Waals surface area contributed by atoms with Crippen LogP contribution in [0, 0.1) is 13.8 Å². The lowest BCUT2D eigenvalue weighted by molar-refractivity contribution is -0.121. The average Bonchev–Trinajstić information content (AvgIpc) is 2.64. The van der Waals surface area contributed by atoms with Crippen LogP contribution in [0.2, 0.25) is 0 Å². The first-order chi connectivity index (χ1) is 7.99. The topological polar surface area (TPSA) is 90.1 Å². The number of ether oxygens (including phenoxy) is 1. The Morgan fingerprint density at radius 2 is 2.12 bits per heavy atom. The minimum atomic E-state index is -0.957. The van der Waals surface area contributed by atoms with Crippen LogP contribution in [0.15, 0.2) is 6.07 Å². The molecule has 1 aromatic rings. The van der Waals surface area contributed by atoms with Crippen molar-refractivity contribution in [1.82, 2.24) is 9.97 Å². The zero-order chi connectivity index (χ0) is 12.5. The molecule has 2 rings (SSSR count). The van der Waals surface area contributed by atoms with Crippen LogP contribution in [-0.4, -0.2) is 34.6 Å². The van der Waals surface area contributed by atoms with Crippen molar-refractivity contribution in [3.63, 3.8) is 0 Å². The van der Waals surface area contributed by atoms with Crippen LogP contribution in [0.5, 0.6) is 0 Å². The van der Waals surface area contributed by atoms with Gasteiger partial charge in [0.25, 0.3) is 0 Å². The zero-order valence-electron chi connectivity index (χ0n) is 9.99. The van der Waals surface area contributed by atoms with Crippen molar-refractivity contribution in [2.24, 2.45) is 5.73 Å². The van der Waals surface area contributed by atoms with E-state index in [1.165, 1.54) is 0 Å². The van der Waals surface area contributed by atoms with Gasteiger partial charge in [0, 0.05) is 18.0 Å². The second-order valence-electron chi connectivity index (χ2n) is 4.39. The van der Waals surface area contributed by atoms with Crippen molar-refractivity contribution in [1.29, 1.82) is 0 Å². The van der Waals surface area contributed by atoms with Crippen molar-refractivity contribution < 1.29 is 9.53 Å². The predicted octanol–water partition coefficient (Wildman–Crippen LogP) is 0.150. The molecule has 0 radical (unpaired) electrons. The van der Waals surface area contributed by atoms with Gasteiger partial charge in [0.05, 0.1) is 6.61 Å². The molecule has 0 saturated carbocycles. The molecule has 1 fully saturated rings. The van der Waals surface area contributed by atoms with Crippen LogP contribution in [0.4, 0.5) is 5.95 Å². The summed E-state index contributed by atoms with van der Waals surface area (Å²) in [6.45, 7) is 4.45. The summed E-state index contributed by atoms with van der Waals surface area (Å²) in [5.41, 5.74) is 6.59. The molecule has 0 bridgehead atoms. The first kappa shape index (κ1) is 11.9. The fourth-order valence-electron chi connectivity index (χ4n) is 1.77. The molecule has 0 spiro atoms. The van der Waals surface area contributed by atoms with Gasteiger partial charge in [-0.1, -0.05) is 0 Å². The summed E-state index contributed by atoms with van der Waals surface area (Å²) in [7, 11) is 0. The molecule has 1 aromatic heterocycles. The van der Waals surface area contributed by atoms with E-state index in [2.05, 4.69) is 15.3 Å². The summed E-state index contributed by atoms with van der Waals surface area (Å²) >= 11 is 0. The summed E-state index contributed by atoms with van der Waals surface area (Å²) in [6.07, 6.45) is 0.517. The number of anilines is 1. The molecule has 6 nitrogen and oxygen atoms in total. The first-order valence-corrected chi connectivity index (χ1v) is 5.50. The molecule has 1 amide bonds. The van der Waals surface area contributed by atoms with Crippen molar-refractivity contribution in [2.45, 2.75) is 25.8 Å². The Morgan fingerprint density at radius 1 is 1.47 bits per heavy atom. The summed E-state index contributed by atoms with van der Waals surface area (Å²) < 4.78 is 5.14. The van der Waals surface area contributed by atoms with Gasteiger partial charge < -0.3 is 10.5 Å². The first-order valence-electron chi connectivity index (χ1n) is 5.50. The monoisotopic (exact) mass is 236 g/mol. The number of carbonyl (C=O) groups is 1. The van der Waals surface area contributed by atoms with E-state index in [1.54, 1.807) is 0 Å². The van der Waals surface area contributed by atoms with Gasteiger partial charge >= 0.3 is 0 Å². The largest absolute Gasteiger partial charge is 0.379 e. The Kier molecular flexibility index (Phi) is 3.08. The minimum Gasteiger partial charge on any atom is -0.379 e. The maximum Gasteiger partial charge on any atom is 0.249 e. The van der Waals surface area contributed by atoms with E-state index in [-0.39, 0.29) is 12.5 Å². The summed E-state index contributed by atoms with van der Waals surface area (Å²) in [5.74, 6) is 0.00391. The molecule has 92 valence electrons. The van der Waals surface area contributed by atoms with E-state index in [0.717, 1.165) is 11.4 Å². The van der Waals surface area contributed by atoms with Gasteiger partial charge in [-0.3, -0.25) is 10.1 Å². The van der Waals surface area contributed by atoms with Crippen LogP contribution < -0.4 is 11.1 Å². The van der Waals surface area contributed by atoms with Crippen LogP contribution >= 0.6 is 0 Å². The van der Waals surface area contributed by atoms with Gasteiger partial charge in [-0.2, -0.15) is 0 Å². The zero-order valence-corrected chi connectivity index (χ0v) is 9.99. The molecule has 0 aromatic carbocycles. The van der Waals surface area contributed by atoms with Crippen LogP contribution in [0.1, 0.15) is 17.8 Å². The Hall–Kier alpha value is -1.53. The Balaban J connectivity index is 2.12. The van der Waals surface area contributed by atoms with Crippen LogP contribution in [0.25, 0.3) is 0 Å². The summed E-state index contributed by atoms with van der Waals surface area (Å²) in [5, 5.41) is 2.64. The lowest BCUT2D eigenvalue weighted by Crippen LogP contribution is -2.51. The number of aromatic nitrogens is 2. The number of aryl methyl sites for hydroxylation is 2. The standard InChI is InChI=1S/C11H16N4O2/c1-7-5-8(2)14-10(13-7)15-9(16)11(12)3-4-17-6-11/h5H,3-4,6,12H2,1-2H3,(H,13,14,15,16). The molecular formula is C11H16N4O2. The Labute approximate surface area is 99.6 Å². The van der Waals surface area contributed by atoms with Crippen molar-refractivity contribution in [3.05, 3.63) is 17.5 Å². The fourth-order valence-corrected chi connectivity index (χ4v) is 1.77. The highest BCUT2D eigenvalue weighted by molar-refractivity contribution is 5.97. The number of nitrogens with one attached hydrogen (secondary N) is 1. The van der Waals surface area contributed by atoms with Crippen molar-refractivity contribution >= 4 is 11.9 Å². The fraction of sp³-hybridized carbons (Fsp3) is 0.545. The minimum absolute atomic E-state index is 0.240. The molecule has 1 saturated heterocycles. The normalized spacial score (nSPS) is 23.7. The van der Waals surface area contributed by atoms with Gasteiger partial charge in [-0.05, 0) is 26.3 Å². The Morgan fingerprint density at radius 3 is 2.65 bits per heavy atom. The van der Waals surface area contributed by atoms with E-state index in [1.807, 2.05) is 19.9 Å². The summed E-state index contributed by atoms with van der Waals surface area (Å²) in [6, 6.07) is 1.84. The molecule has 1 aliphatic heterocycles. The van der Waals surface area contributed by atoms with Gasteiger partial charge in [0.1, 0.15) is 5.54 Å². The highest BCUT2D eigenvalue weighted by atomic mass is 16.5. The molecule has 0 aliphatic carbocycles. The van der Waals surface area contributed by atoms with E-state index >= 15 is 0 Å². The lowest BCUT2D eigenvalue weighted by Gasteiger charge is -2.19. The van der Waals surface area contributed by atoms with Gasteiger partial charge in [-0.15, -0.1) is 0 Å². The quantitative estimate of drug-likeness (QED) is 0.762. The maximum absolute atomic E-state index is 12.0. The third-order valence-electron chi connectivity index (χ3n) is 2.71. The number of hydrogen-bond acceptors (Lipinski definition) is 5. The molecule has 2 heterocycles. The number of nitrogens with zero attached hydrogens (tertiary/aromatic N) is 2. The molecular weight excluding hydrogens is 220 g/mol. The van der Waals surface area contributed by atoms with Crippen molar-refractivity contribution in [2.75, 3.05) is 18.5 Å². The van der Waals surface area contributed by atoms with Crippen LogP contribution in [-0.2, 0) is 9.53 Å².